The summed E-state index contributed by atoms with van der Waals surface area (Å²) >= 11 is 12.0. The van der Waals surface area contributed by atoms with E-state index in [-0.39, 0.29) is 24.8 Å². The summed E-state index contributed by atoms with van der Waals surface area (Å²) in [4.78, 5) is 39.7. The molecule has 3 amide bonds. The molecule has 1 aliphatic heterocycles. The molecule has 0 radical (unpaired) electrons. The molecular weight excluding hydrogens is 353 g/mol. The van der Waals surface area contributed by atoms with E-state index in [4.69, 9.17) is 23.2 Å². The number of carbonyl (C=O) groups excluding carboxylic acids is 3. The lowest BCUT2D eigenvalue weighted by Gasteiger charge is -2.33. The summed E-state index contributed by atoms with van der Waals surface area (Å²) < 4.78 is 0. The van der Waals surface area contributed by atoms with Gasteiger partial charge in [-0.25, -0.2) is 0 Å². The van der Waals surface area contributed by atoms with Crippen LogP contribution in [0.2, 0.25) is 10.0 Å². The number of halogens is 2. The van der Waals surface area contributed by atoms with Crippen LogP contribution in [0.4, 0.5) is 5.69 Å². The highest BCUT2D eigenvalue weighted by molar-refractivity contribution is 6.35. The van der Waals surface area contributed by atoms with E-state index in [0.717, 1.165) is 6.41 Å². The van der Waals surface area contributed by atoms with E-state index in [1.165, 1.54) is 11.8 Å². The molecule has 130 valence electrons. The van der Waals surface area contributed by atoms with E-state index < -0.39 is 0 Å². The Balaban J connectivity index is 1.98. The van der Waals surface area contributed by atoms with Gasteiger partial charge in [0.2, 0.25) is 18.2 Å². The third kappa shape index (κ3) is 4.85. The van der Waals surface area contributed by atoms with Gasteiger partial charge in [-0.3, -0.25) is 14.4 Å². The lowest BCUT2D eigenvalue weighted by Crippen LogP contribution is -2.48. The van der Waals surface area contributed by atoms with Crippen molar-refractivity contribution in [2.24, 2.45) is 0 Å². The fourth-order valence-corrected chi connectivity index (χ4v) is 3.12. The van der Waals surface area contributed by atoms with Crippen LogP contribution in [0.25, 0.3) is 0 Å². The van der Waals surface area contributed by atoms with Crippen molar-refractivity contribution in [3.8, 4) is 0 Å². The number of anilines is 1. The summed E-state index contributed by atoms with van der Waals surface area (Å²) in [5.41, 5.74) is 0.568. The topological polar surface area (TPSA) is 60.9 Å². The number of hydrogen-bond acceptors (Lipinski definition) is 3. The Labute approximate surface area is 150 Å². The van der Waals surface area contributed by atoms with Gasteiger partial charge in [0.25, 0.3) is 0 Å². The number of piperazine rings is 1. The van der Waals surface area contributed by atoms with Crippen molar-refractivity contribution in [3.63, 3.8) is 0 Å². The zero-order valence-corrected chi connectivity index (χ0v) is 14.9. The number of hydrogen-bond donors (Lipinski definition) is 0. The average molecular weight is 372 g/mol. The molecule has 2 rings (SSSR count). The second-order valence-corrected chi connectivity index (χ2v) is 6.44. The van der Waals surface area contributed by atoms with Crippen LogP contribution in [0.5, 0.6) is 0 Å². The number of nitrogens with zero attached hydrogens (tertiary/aromatic N) is 3. The predicted molar refractivity (Wildman–Crippen MR) is 93.3 cm³/mol. The first-order valence-electron chi connectivity index (χ1n) is 7.62. The Morgan fingerprint density at radius 2 is 1.71 bits per heavy atom. The van der Waals surface area contributed by atoms with Crippen molar-refractivity contribution in [2.45, 2.75) is 13.3 Å². The lowest BCUT2D eigenvalue weighted by molar-refractivity contribution is -0.135. The molecule has 1 aliphatic rings. The molecule has 0 aromatic heterocycles. The van der Waals surface area contributed by atoms with E-state index in [2.05, 4.69) is 0 Å². The number of amides is 3. The minimum atomic E-state index is -0.188. The highest BCUT2D eigenvalue weighted by Gasteiger charge is 2.21. The van der Waals surface area contributed by atoms with Crippen LogP contribution in [0, 0.1) is 0 Å². The summed E-state index contributed by atoms with van der Waals surface area (Å²) in [5.74, 6) is -0.230. The van der Waals surface area contributed by atoms with Crippen LogP contribution < -0.4 is 4.90 Å². The molecule has 0 aliphatic carbocycles. The van der Waals surface area contributed by atoms with Crippen LogP contribution in [0.15, 0.2) is 18.2 Å². The number of carbonyl (C=O) groups is 3. The molecule has 1 heterocycles. The van der Waals surface area contributed by atoms with Gasteiger partial charge in [0.1, 0.15) is 0 Å². The van der Waals surface area contributed by atoms with Gasteiger partial charge in [-0.15, -0.1) is 0 Å². The predicted octanol–water partition coefficient (Wildman–Crippen LogP) is 2.04. The summed E-state index contributed by atoms with van der Waals surface area (Å²) in [5, 5.41) is 0.861. The van der Waals surface area contributed by atoms with Crippen molar-refractivity contribution in [1.82, 2.24) is 9.80 Å². The van der Waals surface area contributed by atoms with Crippen molar-refractivity contribution >= 4 is 47.1 Å². The lowest BCUT2D eigenvalue weighted by atomic mass is 10.2. The Hall–Kier alpha value is -1.79. The number of rotatable bonds is 5. The molecule has 1 fully saturated rings. The molecule has 0 bridgehead atoms. The zero-order valence-electron chi connectivity index (χ0n) is 13.4. The Morgan fingerprint density at radius 1 is 1.12 bits per heavy atom. The molecule has 0 saturated carbocycles. The van der Waals surface area contributed by atoms with E-state index in [1.807, 2.05) is 0 Å². The maximum Gasteiger partial charge on any atom is 0.224 e. The second kappa shape index (κ2) is 8.35. The molecule has 0 N–H and O–H groups in total. The highest BCUT2D eigenvalue weighted by Crippen LogP contribution is 2.25. The summed E-state index contributed by atoms with van der Waals surface area (Å²) in [6.07, 6.45) is 0.993. The first kappa shape index (κ1) is 18.5. The molecule has 1 aromatic rings. The SMILES string of the molecule is CC(=O)N(CCC(=O)N1CCN(C=O)CC1)c1cc(Cl)cc(Cl)c1. The molecule has 0 unspecified atom stereocenters. The molecule has 8 heteroatoms. The van der Waals surface area contributed by atoms with Gasteiger partial charge in [-0.1, -0.05) is 23.2 Å². The molecule has 24 heavy (non-hydrogen) atoms. The van der Waals surface area contributed by atoms with Crippen molar-refractivity contribution in [1.29, 1.82) is 0 Å². The minimum absolute atomic E-state index is 0.0417. The first-order chi connectivity index (χ1) is 11.4. The molecular formula is C16H19Cl2N3O3. The highest BCUT2D eigenvalue weighted by atomic mass is 35.5. The van der Waals surface area contributed by atoms with Crippen molar-refractivity contribution in [3.05, 3.63) is 28.2 Å². The normalized spacial score (nSPS) is 14.5. The Morgan fingerprint density at radius 3 is 2.21 bits per heavy atom. The van der Waals surface area contributed by atoms with Gasteiger partial charge < -0.3 is 14.7 Å². The Kier molecular flexibility index (Phi) is 6.45. The standard InChI is InChI=1S/C16H19Cl2N3O3/c1-12(23)21(15-9-13(17)8-14(18)10-15)3-2-16(24)20-6-4-19(11-22)5-7-20/h8-11H,2-7H2,1H3. The van der Waals surface area contributed by atoms with Crippen LogP contribution in [0.1, 0.15) is 13.3 Å². The van der Waals surface area contributed by atoms with Crippen LogP contribution in [-0.4, -0.2) is 60.7 Å². The second-order valence-electron chi connectivity index (χ2n) is 5.57. The maximum atomic E-state index is 12.3. The van der Waals surface area contributed by atoms with Gasteiger partial charge in [0.15, 0.2) is 0 Å². The van der Waals surface area contributed by atoms with Gasteiger partial charge in [0.05, 0.1) is 0 Å². The quantitative estimate of drug-likeness (QED) is 0.744. The molecule has 1 saturated heterocycles. The monoisotopic (exact) mass is 371 g/mol. The minimum Gasteiger partial charge on any atom is -0.342 e. The van der Waals surface area contributed by atoms with Crippen molar-refractivity contribution in [2.75, 3.05) is 37.6 Å². The summed E-state index contributed by atoms with van der Waals surface area (Å²) in [6.45, 7) is 3.78. The summed E-state index contributed by atoms with van der Waals surface area (Å²) in [6, 6.07) is 4.87. The number of benzene rings is 1. The van der Waals surface area contributed by atoms with E-state index >= 15 is 0 Å². The average Bonchev–Trinajstić information content (AvgIpc) is 2.53. The molecule has 1 aromatic carbocycles. The van der Waals surface area contributed by atoms with Gasteiger partial charge in [0, 0.05) is 61.8 Å². The van der Waals surface area contributed by atoms with Gasteiger partial charge >= 0.3 is 0 Å². The van der Waals surface area contributed by atoms with E-state index in [0.29, 0.717) is 41.9 Å². The Bertz CT molecular complexity index is 611. The van der Waals surface area contributed by atoms with E-state index in [1.54, 1.807) is 28.0 Å². The van der Waals surface area contributed by atoms with Crippen molar-refractivity contribution < 1.29 is 14.4 Å². The maximum absolute atomic E-state index is 12.3. The fourth-order valence-electron chi connectivity index (χ4n) is 2.61. The van der Waals surface area contributed by atoms with Gasteiger partial charge in [-0.05, 0) is 18.2 Å². The van der Waals surface area contributed by atoms with E-state index in [9.17, 15) is 14.4 Å². The molecule has 0 spiro atoms. The molecule has 0 atom stereocenters. The van der Waals surface area contributed by atoms with Crippen LogP contribution in [-0.2, 0) is 14.4 Å². The van der Waals surface area contributed by atoms with Crippen LogP contribution in [0.3, 0.4) is 0 Å². The first-order valence-corrected chi connectivity index (χ1v) is 8.37. The fraction of sp³-hybridized carbons (Fsp3) is 0.438. The van der Waals surface area contributed by atoms with Crippen LogP contribution >= 0.6 is 23.2 Å². The smallest absolute Gasteiger partial charge is 0.224 e. The third-order valence-electron chi connectivity index (χ3n) is 3.90. The zero-order chi connectivity index (χ0) is 17.7. The summed E-state index contributed by atoms with van der Waals surface area (Å²) in [7, 11) is 0. The largest absolute Gasteiger partial charge is 0.342 e. The van der Waals surface area contributed by atoms with Gasteiger partial charge in [-0.2, -0.15) is 0 Å². The third-order valence-corrected chi connectivity index (χ3v) is 4.34. The molecule has 6 nitrogen and oxygen atoms in total.